The molecule has 0 saturated heterocycles. The van der Waals surface area contributed by atoms with Gasteiger partial charge in [-0.1, -0.05) is 35.3 Å². The van der Waals surface area contributed by atoms with Crippen molar-refractivity contribution in [2.24, 2.45) is 0 Å². The monoisotopic (exact) mass is 517 g/mol. The number of hydrogen-bond acceptors (Lipinski definition) is 3. The summed E-state index contributed by atoms with van der Waals surface area (Å²) in [5.41, 5.74) is 6.67. The average molecular weight is 518 g/mol. The van der Waals surface area contributed by atoms with Gasteiger partial charge in [0.1, 0.15) is 0 Å². The second-order valence-electron chi connectivity index (χ2n) is 8.26. The fourth-order valence-corrected chi connectivity index (χ4v) is 4.33. The van der Waals surface area contributed by atoms with Crippen LogP contribution in [0.3, 0.4) is 0 Å². The van der Waals surface area contributed by atoms with E-state index in [0.717, 1.165) is 33.9 Å². The molecule has 0 spiro atoms. The number of hydrogen-bond donors (Lipinski definition) is 5. The van der Waals surface area contributed by atoms with E-state index < -0.39 is 6.03 Å². The van der Waals surface area contributed by atoms with Gasteiger partial charge in [-0.05, 0) is 73.2 Å². The Morgan fingerprint density at radius 3 is 2.53 bits per heavy atom. The van der Waals surface area contributed by atoms with Crippen LogP contribution in [-0.2, 0) is 4.79 Å². The quantitative estimate of drug-likeness (QED) is 0.177. The first-order valence-electron chi connectivity index (χ1n) is 11.1. The number of aromatic nitrogens is 1. The first-order valence-corrected chi connectivity index (χ1v) is 11.8. The van der Waals surface area contributed by atoms with Crippen LogP contribution in [0.15, 0.2) is 72.9 Å². The third-order valence-electron chi connectivity index (χ3n) is 5.68. The van der Waals surface area contributed by atoms with Crippen molar-refractivity contribution >= 4 is 75.2 Å². The van der Waals surface area contributed by atoms with Crippen molar-refractivity contribution in [3.05, 3.63) is 99.8 Å². The number of amides is 3. The van der Waals surface area contributed by atoms with Crippen LogP contribution in [0.2, 0.25) is 10.0 Å². The summed E-state index contributed by atoms with van der Waals surface area (Å²) in [6.45, 7) is 1.96. The molecule has 0 radical (unpaired) electrons. The summed E-state index contributed by atoms with van der Waals surface area (Å²) < 4.78 is 0. The molecule has 1 aromatic heterocycles. The molecule has 180 valence electrons. The summed E-state index contributed by atoms with van der Waals surface area (Å²) in [6.07, 6.45) is 3.64. The second-order valence-corrected chi connectivity index (χ2v) is 9.10. The third-order valence-corrected chi connectivity index (χ3v) is 6.23. The molecule has 0 unspecified atom stereocenters. The Bertz CT molecular complexity index is 1510. The molecular weight excluding hydrogens is 497 g/mol. The lowest BCUT2D eigenvalue weighted by Crippen LogP contribution is -2.19. The zero-order chi connectivity index (χ0) is 25.2. The molecule has 0 aliphatic carbocycles. The maximum Gasteiger partial charge on any atom is 0.323 e. The summed E-state index contributed by atoms with van der Waals surface area (Å²) in [7, 11) is 0. The number of aryl methyl sites for hydroxylation is 1. The molecule has 36 heavy (non-hydrogen) atoms. The molecule has 0 fully saturated rings. The predicted octanol–water partition coefficient (Wildman–Crippen LogP) is 7.51. The number of rotatable bonds is 5. The first-order chi connectivity index (χ1) is 17.4. The Labute approximate surface area is 217 Å². The Morgan fingerprint density at radius 1 is 0.917 bits per heavy atom. The molecule has 5 rings (SSSR count). The summed E-state index contributed by atoms with van der Waals surface area (Å²) in [5, 5.41) is 12.7. The van der Waals surface area contributed by atoms with Crippen LogP contribution in [0.5, 0.6) is 0 Å². The Hall–Kier alpha value is -4.20. The molecule has 0 saturated carbocycles. The molecule has 7 nitrogen and oxygen atoms in total. The maximum atomic E-state index is 12.5. The van der Waals surface area contributed by atoms with Gasteiger partial charge in [0.25, 0.3) is 5.91 Å². The third kappa shape index (κ3) is 5.07. The lowest BCUT2D eigenvalue weighted by molar-refractivity contribution is -0.110. The minimum absolute atomic E-state index is 0.147. The minimum atomic E-state index is -0.435. The van der Waals surface area contributed by atoms with Gasteiger partial charge in [-0.2, -0.15) is 0 Å². The number of carbonyl (C=O) groups is 2. The molecule has 0 bridgehead atoms. The number of fused-ring (bicyclic) bond motifs is 1. The number of aromatic amines is 1. The number of anilines is 5. The number of carbonyl (C=O) groups excluding carboxylic acids is 2. The van der Waals surface area contributed by atoms with Crippen molar-refractivity contribution in [2.45, 2.75) is 6.92 Å². The van der Waals surface area contributed by atoms with Gasteiger partial charge < -0.3 is 26.3 Å². The van der Waals surface area contributed by atoms with Crippen LogP contribution in [0.4, 0.5) is 33.2 Å². The Morgan fingerprint density at radius 2 is 1.75 bits per heavy atom. The zero-order valence-electron chi connectivity index (χ0n) is 19.1. The highest BCUT2D eigenvalue weighted by atomic mass is 35.5. The summed E-state index contributed by atoms with van der Waals surface area (Å²) >= 11 is 12.0. The minimum Gasteiger partial charge on any atom is -0.362 e. The average Bonchev–Trinajstić information content (AvgIpc) is 3.46. The molecule has 5 N–H and O–H groups in total. The van der Waals surface area contributed by atoms with Crippen molar-refractivity contribution in [3.63, 3.8) is 0 Å². The predicted molar refractivity (Wildman–Crippen MR) is 147 cm³/mol. The molecule has 2 heterocycles. The van der Waals surface area contributed by atoms with Crippen molar-refractivity contribution in [1.29, 1.82) is 0 Å². The molecule has 1 aliphatic heterocycles. The van der Waals surface area contributed by atoms with E-state index >= 15 is 0 Å². The van der Waals surface area contributed by atoms with Crippen molar-refractivity contribution in [2.75, 3.05) is 21.3 Å². The number of nitrogens with one attached hydrogen (secondary N) is 5. The number of benzene rings is 3. The van der Waals surface area contributed by atoms with E-state index in [1.165, 1.54) is 0 Å². The fourth-order valence-electron chi connectivity index (χ4n) is 3.87. The van der Waals surface area contributed by atoms with Gasteiger partial charge in [-0.3, -0.25) is 4.79 Å². The molecule has 9 heteroatoms. The van der Waals surface area contributed by atoms with Crippen LogP contribution in [-0.4, -0.2) is 16.9 Å². The Kier molecular flexibility index (Phi) is 6.41. The SMILES string of the molecule is Cc1ccc(NC(=O)Nc2ccc(Cl)cc2Cl)cc1Nc1ccc2c(c1)NC(=O)C2=Cc1ccc[nH]1. The standard InChI is InChI=1S/C27H21Cl2N5O2/c1-15-4-6-19(32-27(36)34-23-9-5-16(28)11-22(23)29)13-24(15)31-18-7-8-20-21(12-17-3-2-10-30-17)26(35)33-25(20)14-18/h2-14,30-31H,1H3,(H,33,35)(H2,32,34,36). The van der Waals surface area contributed by atoms with Crippen molar-refractivity contribution in [1.82, 2.24) is 4.98 Å². The van der Waals surface area contributed by atoms with E-state index in [1.54, 1.807) is 18.2 Å². The van der Waals surface area contributed by atoms with Crippen molar-refractivity contribution < 1.29 is 9.59 Å². The maximum absolute atomic E-state index is 12.5. The molecule has 0 atom stereocenters. The summed E-state index contributed by atoms with van der Waals surface area (Å²) in [5.74, 6) is -0.147. The van der Waals surface area contributed by atoms with E-state index in [1.807, 2.05) is 67.7 Å². The molecule has 4 aromatic rings. The second kappa shape index (κ2) is 9.81. The van der Waals surface area contributed by atoms with E-state index in [0.29, 0.717) is 27.0 Å². The van der Waals surface area contributed by atoms with Gasteiger partial charge in [0.2, 0.25) is 0 Å². The van der Waals surface area contributed by atoms with Crippen LogP contribution < -0.4 is 21.3 Å². The van der Waals surface area contributed by atoms with E-state index in [2.05, 4.69) is 26.3 Å². The van der Waals surface area contributed by atoms with Gasteiger partial charge >= 0.3 is 6.03 Å². The van der Waals surface area contributed by atoms with E-state index in [-0.39, 0.29) is 5.91 Å². The fraction of sp³-hybridized carbons (Fsp3) is 0.0370. The van der Waals surface area contributed by atoms with E-state index in [4.69, 9.17) is 23.2 Å². The van der Waals surface area contributed by atoms with Gasteiger partial charge in [0, 0.05) is 39.5 Å². The van der Waals surface area contributed by atoms with Crippen LogP contribution in [0.25, 0.3) is 11.6 Å². The van der Waals surface area contributed by atoms with Gasteiger partial charge in [-0.15, -0.1) is 0 Å². The summed E-state index contributed by atoms with van der Waals surface area (Å²) in [4.78, 5) is 28.1. The van der Waals surface area contributed by atoms with Gasteiger partial charge in [0.05, 0.1) is 22.0 Å². The molecule has 3 aromatic carbocycles. The lowest BCUT2D eigenvalue weighted by Gasteiger charge is -2.14. The Balaban J connectivity index is 1.31. The van der Waals surface area contributed by atoms with Gasteiger partial charge in [0.15, 0.2) is 0 Å². The number of urea groups is 1. The smallest absolute Gasteiger partial charge is 0.323 e. The lowest BCUT2D eigenvalue weighted by atomic mass is 10.1. The highest BCUT2D eigenvalue weighted by molar-refractivity contribution is 6.37. The number of halogens is 2. The van der Waals surface area contributed by atoms with E-state index in [9.17, 15) is 9.59 Å². The molecule has 1 aliphatic rings. The molecular formula is C27H21Cl2N5O2. The highest BCUT2D eigenvalue weighted by Gasteiger charge is 2.24. The van der Waals surface area contributed by atoms with Crippen LogP contribution in [0, 0.1) is 6.92 Å². The topological polar surface area (TPSA) is 98.0 Å². The van der Waals surface area contributed by atoms with Crippen molar-refractivity contribution in [3.8, 4) is 0 Å². The van der Waals surface area contributed by atoms with Gasteiger partial charge in [-0.25, -0.2) is 4.79 Å². The zero-order valence-corrected chi connectivity index (χ0v) is 20.6. The largest absolute Gasteiger partial charge is 0.362 e. The van der Waals surface area contributed by atoms with Crippen LogP contribution in [0.1, 0.15) is 16.8 Å². The number of H-pyrrole nitrogens is 1. The summed E-state index contributed by atoms with van der Waals surface area (Å²) in [6, 6.07) is 19.5. The first kappa shape index (κ1) is 23.5. The van der Waals surface area contributed by atoms with Crippen LogP contribution >= 0.6 is 23.2 Å². The normalized spacial score (nSPS) is 13.3. The highest BCUT2D eigenvalue weighted by Crippen LogP contribution is 2.36. The molecule has 3 amide bonds.